The monoisotopic (exact) mass is 265 g/mol. The van der Waals surface area contributed by atoms with Crippen molar-refractivity contribution in [2.45, 2.75) is 13.5 Å². The first-order chi connectivity index (χ1) is 8.61. The number of carboxylic acids is 1. The molecule has 0 aliphatic rings. The third kappa shape index (κ3) is 2.52. The molecule has 6 nitrogen and oxygen atoms in total. The van der Waals surface area contributed by atoms with Crippen LogP contribution in [0.15, 0.2) is 12.3 Å². The molecule has 0 unspecified atom stereocenters. The summed E-state index contributed by atoms with van der Waals surface area (Å²) in [4.78, 5) is 23.7. The predicted molar refractivity (Wildman–Crippen MR) is 65.5 cm³/mol. The minimum atomic E-state index is -1.00. The van der Waals surface area contributed by atoms with E-state index in [2.05, 4.69) is 15.0 Å². The van der Waals surface area contributed by atoms with Gasteiger partial charge in [-0.3, -0.25) is 0 Å². The van der Waals surface area contributed by atoms with Gasteiger partial charge in [-0.2, -0.15) is 0 Å². The number of carboxylic acid groups (broad SMARTS) is 1. The van der Waals surface area contributed by atoms with Crippen molar-refractivity contribution in [1.82, 2.24) is 15.0 Å². The van der Waals surface area contributed by atoms with Crippen LogP contribution >= 0.6 is 11.3 Å². The highest BCUT2D eigenvalue weighted by molar-refractivity contribution is 7.17. The third-order valence-corrected chi connectivity index (χ3v) is 3.28. The first kappa shape index (κ1) is 12.6. The van der Waals surface area contributed by atoms with Gasteiger partial charge in [-0.05, 0) is 13.0 Å². The summed E-state index contributed by atoms with van der Waals surface area (Å²) in [5.74, 6) is -0.385. The van der Waals surface area contributed by atoms with Gasteiger partial charge in [0, 0.05) is 13.3 Å². The van der Waals surface area contributed by atoms with E-state index in [-0.39, 0.29) is 11.5 Å². The summed E-state index contributed by atoms with van der Waals surface area (Å²) in [6.07, 6.45) is 1.62. The molecule has 1 N–H and O–H groups in total. The Morgan fingerprint density at radius 1 is 1.50 bits per heavy atom. The molecule has 2 aromatic heterocycles. The number of carbonyl (C=O) groups is 1. The maximum atomic E-state index is 11.1. The summed E-state index contributed by atoms with van der Waals surface area (Å²) < 4.78 is 4.94. The number of rotatable bonds is 4. The highest BCUT2D eigenvalue weighted by atomic mass is 32.1. The molecule has 0 spiro atoms. The minimum Gasteiger partial charge on any atom is -0.477 e. The van der Waals surface area contributed by atoms with Crippen molar-refractivity contribution < 1.29 is 14.6 Å². The smallest absolute Gasteiger partial charge is 0.347 e. The van der Waals surface area contributed by atoms with Gasteiger partial charge in [-0.15, -0.1) is 11.3 Å². The maximum absolute atomic E-state index is 11.1. The first-order valence-electron chi connectivity index (χ1n) is 5.13. The van der Waals surface area contributed by atoms with Crippen LogP contribution in [0.25, 0.3) is 10.7 Å². The van der Waals surface area contributed by atoms with Crippen LogP contribution in [-0.4, -0.2) is 33.1 Å². The van der Waals surface area contributed by atoms with E-state index < -0.39 is 5.97 Å². The second-order valence-electron chi connectivity index (χ2n) is 3.52. The molecule has 18 heavy (non-hydrogen) atoms. The molecular weight excluding hydrogens is 254 g/mol. The molecule has 0 aliphatic heterocycles. The van der Waals surface area contributed by atoms with Gasteiger partial charge in [0.25, 0.3) is 0 Å². The molecule has 2 heterocycles. The summed E-state index contributed by atoms with van der Waals surface area (Å²) in [5, 5.41) is 9.65. The van der Waals surface area contributed by atoms with Gasteiger partial charge in [0.1, 0.15) is 21.4 Å². The van der Waals surface area contributed by atoms with Crippen LogP contribution in [0.3, 0.4) is 0 Å². The highest BCUT2D eigenvalue weighted by Gasteiger charge is 2.18. The lowest BCUT2D eigenvalue weighted by Crippen LogP contribution is -1.99. The lowest BCUT2D eigenvalue weighted by atomic mass is 10.3. The highest BCUT2D eigenvalue weighted by Crippen LogP contribution is 2.27. The molecule has 0 saturated heterocycles. The quantitative estimate of drug-likeness (QED) is 0.906. The molecule has 0 aliphatic carbocycles. The van der Waals surface area contributed by atoms with E-state index in [1.54, 1.807) is 19.2 Å². The van der Waals surface area contributed by atoms with Crippen LogP contribution in [-0.2, 0) is 11.3 Å². The van der Waals surface area contributed by atoms with Crippen molar-refractivity contribution in [2.75, 3.05) is 7.11 Å². The van der Waals surface area contributed by atoms with Gasteiger partial charge >= 0.3 is 5.97 Å². The van der Waals surface area contributed by atoms with Gasteiger partial charge in [-0.1, -0.05) is 0 Å². The second-order valence-corrected chi connectivity index (χ2v) is 4.52. The van der Waals surface area contributed by atoms with Crippen molar-refractivity contribution in [1.29, 1.82) is 0 Å². The number of methoxy groups -OCH3 is 1. The Morgan fingerprint density at radius 3 is 2.89 bits per heavy atom. The molecule has 2 rings (SSSR count). The number of aromatic nitrogens is 3. The number of aryl methyl sites for hydroxylation is 1. The van der Waals surface area contributed by atoms with Crippen molar-refractivity contribution >= 4 is 17.3 Å². The van der Waals surface area contributed by atoms with Crippen LogP contribution in [0.1, 0.15) is 21.2 Å². The van der Waals surface area contributed by atoms with Crippen LogP contribution in [0.4, 0.5) is 0 Å². The SMILES string of the molecule is COCc1nc(-c2ccnc(C)n2)sc1C(=O)O. The van der Waals surface area contributed by atoms with Crippen LogP contribution in [0.2, 0.25) is 0 Å². The zero-order valence-electron chi connectivity index (χ0n) is 9.88. The van der Waals surface area contributed by atoms with Crippen molar-refractivity contribution in [3.05, 3.63) is 28.7 Å². The molecule has 0 atom stereocenters. The summed E-state index contributed by atoms with van der Waals surface area (Å²) in [7, 11) is 1.50. The largest absolute Gasteiger partial charge is 0.477 e. The Morgan fingerprint density at radius 2 is 2.28 bits per heavy atom. The van der Waals surface area contributed by atoms with E-state index in [4.69, 9.17) is 9.84 Å². The average Bonchev–Trinajstić information content (AvgIpc) is 2.74. The normalized spacial score (nSPS) is 10.6. The average molecular weight is 265 g/mol. The second kappa shape index (κ2) is 5.19. The maximum Gasteiger partial charge on any atom is 0.347 e. The molecule has 7 heteroatoms. The predicted octanol–water partition coefficient (Wildman–Crippen LogP) is 1.75. The zero-order chi connectivity index (χ0) is 13.1. The molecule has 0 bridgehead atoms. The summed E-state index contributed by atoms with van der Waals surface area (Å²) in [5.41, 5.74) is 1.04. The van der Waals surface area contributed by atoms with Gasteiger partial charge in [0.15, 0.2) is 0 Å². The van der Waals surface area contributed by atoms with Crippen LogP contribution < -0.4 is 0 Å². The van der Waals surface area contributed by atoms with Gasteiger partial charge < -0.3 is 9.84 Å². The summed E-state index contributed by atoms with van der Waals surface area (Å²) in [6.45, 7) is 1.94. The number of aromatic carboxylic acids is 1. The zero-order valence-corrected chi connectivity index (χ0v) is 10.7. The molecule has 2 aromatic rings. The molecule has 0 radical (unpaired) electrons. The van der Waals surface area contributed by atoms with Crippen molar-refractivity contribution in [3.63, 3.8) is 0 Å². The van der Waals surface area contributed by atoms with Gasteiger partial charge in [0.05, 0.1) is 12.3 Å². The molecular formula is C11H11N3O3S. The van der Waals surface area contributed by atoms with Crippen LogP contribution in [0.5, 0.6) is 0 Å². The Kier molecular flexibility index (Phi) is 3.63. The third-order valence-electron chi connectivity index (χ3n) is 2.17. The fraction of sp³-hybridized carbons (Fsp3) is 0.273. The van der Waals surface area contributed by atoms with Gasteiger partial charge in [-0.25, -0.2) is 19.7 Å². The summed E-state index contributed by atoms with van der Waals surface area (Å²) in [6, 6.07) is 1.70. The van der Waals surface area contributed by atoms with E-state index in [0.29, 0.717) is 22.2 Å². The number of hydrogen-bond acceptors (Lipinski definition) is 6. The van der Waals surface area contributed by atoms with E-state index in [0.717, 1.165) is 11.3 Å². The Bertz CT molecular complexity index is 583. The Labute approximate surface area is 107 Å². The lowest BCUT2D eigenvalue weighted by molar-refractivity contribution is 0.0697. The molecule has 0 saturated carbocycles. The first-order valence-corrected chi connectivity index (χ1v) is 5.95. The Balaban J connectivity index is 2.46. The lowest BCUT2D eigenvalue weighted by Gasteiger charge is -1.96. The van der Waals surface area contributed by atoms with E-state index in [9.17, 15) is 4.79 Å². The van der Waals surface area contributed by atoms with E-state index >= 15 is 0 Å². The Hall–Kier alpha value is -1.86. The topological polar surface area (TPSA) is 85.2 Å². The molecule has 0 fully saturated rings. The van der Waals surface area contributed by atoms with E-state index in [1.807, 2.05) is 0 Å². The fourth-order valence-electron chi connectivity index (χ4n) is 1.44. The van der Waals surface area contributed by atoms with Crippen LogP contribution in [0, 0.1) is 6.92 Å². The number of hydrogen-bond donors (Lipinski definition) is 1. The fourth-order valence-corrected chi connectivity index (χ4v) is 2.32. The van der Waals surface area contributed by atoms with Crippen molar-refractivity contribution in [3.8, 4) is 10.7 Å². The van der Waals surface area contributed by atoms with Crippen molar-refractivity contribution in [2.24, 2.45) is 0 Å². The van der Waals surface area contributed by atoms with E-state index in [1.165, 1.54) is 7.11 Å². The molecule has 94 valence electrons. The number of thiazole rings is 1. The van der Waals surface area contributed by atoms with Gasteiger partial charge in [0.2, 0.25) is 0 Å². The summed E-state index contributed by atoms with van der Waals surface area (Å²) >= 11 is 1.09. The molecule has 0 amide bonds. The number of nitrogens with zero attached hydrogens (tertiary/aromatic N) is 3. The minimum absolute atomic E-state index is 0.169. The standard InChI is InChI=1S/C11H11N3O3S/c1-6-12-4-3-7(13-6)10-14-8(5-17-2)9(18-10)11(15)16/h3-4H,5H2,1-2H3,(H,15,16). The number of ether oxygens (including phenoxy) is 1. The molecule has 0 aromatic carbocycles.